The first-order valence-electron chi connectivity index (χ1n) is 3.29. The number of aliphatic hydroxyl groups excluding tert-OH is 1. The first kappa shape index (κ1) is 7.32. The van der Waals surface area contributed by atoms with E-state index in [9.17, 15) is 5.11 Å². The molecule has 2 N–H and O–H groups in total. The highest BCUT2D eigenvalue weighted by Gasteiger charge is 2.44. The van der Waals surface area contributed by atoms with Crippen LogP contribution in [0.1, 0.15) is 12.8 Å². The predicted octanol–water partition coefficient (Wildman–Crippen LogP) is 0.151. The molecule has 1 heterocycles. The van der Waals surface area contributed by atoms with Crippen LogP contribution in [0.2, 0.25) is 0 Å². The summed E-state index contributed by atoms with van der Waals surface area (Å²) in [5.74, 6) is 0.615. The Morgan fingerprint density at radius 1 is 1.44 bits per heavy atom. The van der Waals surface area contributed by atoms with E-state index in [1.807, 2.05) is 0 Å². The molecule has 3 atom stereocenters. The minimum Gasteiger partial charge on any atom is -0.393 e. The Bertz CT molecular complexity index is 109. The summed E-state index contributed by atoms with van der Waals surface area (Å²) in [4.78, 5) is 0. The van der Waals surface area contributed by atoms with Crippen LogP contribution < -0.4 is 5.32 Å². The quantitative estimate of drug-likeness (QED) is 0.514. The molecule has 9 heavy (non-hydrogen) atoms. The van der Waals surface area contributed by atoms with Crippen molar-refractivity contribution in [1.82, 2.24) is 5.32 Å². The standard InChI is InChI=1S/C6H11NO.ClH/c8-6-1-2-7-5-3-4(5)6;/h4-8H,1-3H2;1H. The van der Waals surface area contributed by atoms with Crippen LogP contribution in [-0.4, -0.2) is 23.8 Å². The van der Waals surface area contributed by atoms with Gasteiger partial charge in [-0.25, -0.2) is 0 Å². The van der Waals surface area contributed by atoms with E-state index < -0.39 is 0 Å². The Hall–Kier alpha value is 0.210. The van der Waals surface area contributed by atoms with Crippen molar-refractivity contribution in [3.8, 4) is 0 Å². The van der Waals surface area contributed by atoms with Crippen LogP contribution in [0.5, 0.6) is 0 Å². The Labute approximate surface area is 61.0 Å². The minimum atomic E-state index is 0. The summed E-state index contributed by atoms with van der Waals surface area (Å²) in [5.41, 5.74) is 0. The lowest BCUT2D eigenvalue weighted by Crippen LogP contribution is -2.32. The average molecular weight is 150 g/mol. The van der Waals surface area contributed by atoms with Crippen molar-refractivity contribution in [3.05, 3.63) is 0 Å². The van der Waals surface area contributed by atoms with E-state index in [-0.39, 0.29) is 18.5 Å². The van der Waals surface area contributed by atoms with Crippen LogP contribution in [0.4, 0.5) is 0 Å². The summed E-state index contributed by atoms with van der Waals surface area (Å²) in [6.45, 7) is 1.02. The molecule has 0 amide bonds. The second kappa shape index (κ2) is 2.45. The topological polar surface area (TPSA) is 32.3 Å². The van der Waals surface area contributed by atoms with Crippen molar-refractivity contribution in [1.29, 1.82) is 0 Å². The highest BCUT2D eigenvalue weighted by molar-refractivity contribution is 5.85. The maximum Gasteiger partial charge on any atom is 0.0595 e. The lowest BCUT2D eigenvalue weighted by atomic mass is 10.1. The molecule has 0 aromatic carbocycles. The fraction of sp³-hybridized carbons (Fsp3) is 1.00. The highest BCUT2D eigenvalue weighted by Crippen LogP contribution is 2.37. The van der Waals surface area contributed by atoms with Gasteiger partial charge in [0.05, 0.1) is 6.10 Å². The zero-order chi connectivity index (χ0) is 5.56. The molecule has 2 fully saturated rings. The molecule has 1 saturated carbocycles. The van der Waals surface area contributed by atoms with Crippen molar-refractivity contribution in [2.75, 3.05) is 6.54 Å². The number of hydrogen-bond donors (Lipinski definition) is 2. The van der Waals surface area contributed by atoms with Gasteiger partial charge in [0.1, 0.15) is 0 Å². The van der Waals surface area contributed by atoms with Gasteiger partial charge >= 0.3 is 0 Å². The lowest BCUT2D eigenvalue weighted by Gasteiger charge is -2.15. The maximum atomic E-state index is 9.18. The molecule has 1 saturated heterocycles. The largest absolute Gasteiger partial charge is 0.393 e. The van der Waals surface area contributed by atoms with Crippen LogP contribution in [0.25, 0.3) is 0 Å². The number of aliphatic hydroxyl groups is 1. The third kappa shape index (κ3) is 1.20. The van der Waals surface area contributed by atoms with Gasteiger partial charge in [0, 0.05) is 12.0 Å². The molecular formula is C6H12ClNO. The Morgan fingerprint density at radius 3 is 2.78 bits per heavy atom. The third-order valence-corrected chi connectivity index (χ3v) is 2.18. The van der Waals surface area contributed by atoms with E-state index >= 15 is 0 Å². The van der Waals surface area contributed by atoms with Crippen LogP contribution in [0, 0.1) is 5.92 Å². The fourth-order valence-electron chi connectivity index (χ4n) is 1.51. The van der Waals surface area contributed by atoms with Gasteiger partial charge in [0.25, 0.3) is 0 Å². The van der Waals surface area contributed by atoms with Gasteiger partial charge in [0.2, 0.25) is 0 Å². The number of hydrogen-bond acceptors (Lipinski definition) is 2. The summed E-state index contributed by atoms with van der Waals surface area (Å²) in [5, 5.41) is 12.5. The van der Waals surface area contributed by atoms with Crippen LogP contribution in [0.15, 0.2) is 0 Å². The van der Waals surface area contributed by atoms with E-state index in [1.54, 1.807) is 0 Å². The van der Waals surface area contributed by atoms with Crippen molar-refractivity contribution in [2.45, 2.75) is 25.0 Å². The molecule has 2 nitrogen and oxygen atoms in total. The number of piperidine rings is 1. The van der Waals surface area contributed by atoms with E-state index in [1.165, 1.54) is 6.42 Å². The number of fused-ring (bicyclic) bond motifs is 1. The first-order valence-corrected chi connectivity index (χ1v) is 3.29. The molecule has 1 aliphatic carbocycles. The van der Waals surface area contributed by atoms with Gasteiger partial charge in [-0.05, 0) is 19.4 Å². The van der Waals surface area contributed by atoms with Crippen molar-refractivity contribution < 1.29 is 5.11 Å². The van der Waals surface area contributed by atoms with Crippen molar-refractivity contribution in [2.24, 2.45) is 5.92 Å². The minimum absolute atomic E-state index is 0. The number of nitrogens with one attached hydrogen (secondary N) is 1. The second-order valence-corrected chi connectivity index (χ2v) is 2.82. The summed E-state index contributed by atoms with van der Waals surface area (Å²) < 4.78 is 0. The van der Waals surface area contributed by atoms with Gasteiger partial charge in [-0.2, -0.15) is 0 Å². The van der Waals surface area contributed by atoms with Gasteiger partial charge in [-0.3, -0.25) is 0 Å². The molecule has 0 aromatic heterocycles. The van der Waals surface area contributed by atoms with Gasteiger partial charge in [-0.1, -0.05) is 0 Å². The SMILES string of the molecule is Cl.OC1CCNC2CC12. The molecule has 0 radical (unpaired) electrons. The molecular weight excluding hydrogens is 138 g/mol. The molecule has 0 aromatic rings. The summed E-state index contributed by atoms with van der Waals surface area (Å²) in [6, 6.07) is 0.679. The maximum absolute atomic E-state index is 9.18. The number of rotatable bonds is 0. The van der Waals surface area contributed by atoms with Crippen LogP contribution in [0.3, 0.4) is 0 Å². The van der Waals surface area contributed by atoms with Gasteiger partial charge < -0.3 is 10.4 Å². The smallest absolute Gasteiger partial charge is 0.0595 e. The zero-order valence-corrected chi connectivity index (χ0v) is 6.03. The summed E-state index contributed by atoms with van der Waals surface area (Å²) in [7, 11) is 0. The van der Waals surface area contributed by atoms with E-state index in [2.05, 4.69) is 5.32 Å². The average Bonchev–Trinajstić information content (AvgIpc) is 2.45. The predicted molar refractivity (Wildman–Crippen MR) is 37.8 cm³/mol. The molecule has 0 bridgehead atoms. The Morgan fingerprint density at radius 2 is 2.22 bits per heavy atom. The first-order chi connectivity index (χ1) is 3.88. The Balaban J connectivity index is 0.000000405. The molecule has 54 valence electrons. The molecule has 3 heteroatoms. The molecule has 3 unspecified atom stereocenters. The molecule has 2 aliphatic rings. The molecule has 0 spiro atoms. The van der Waals surface area contributed by atoms with Crippen molar-refractivity contribution in [3.63, 3.8) is 0 Å². The molecule has 1 aliphatic heterocycles. The monoisotopic (exact) mass is 149 g/mol. The Kier molecular flexibility index (Phi) is 1.99. The van der Waals surface area contributed by atoms with E-state index in [0.29, 0.717) is 12.0 Å². The second-order valence-electron chi connectivity index (χ2n) is 2.82. The van der Waals surface area contributed by atoms with Gasteiger partial charge in [0.15, 0.2) is 0 Å². The van der Waals surface area contributed by atoms with Gasteiger partial charge in [-0.15, -0.1) is 12.4 Å². The fourth-order valence-corrected chi connectivity index (χ4v) is 1.51. The lowest BCUT2D eigenvalue weighted by molar-refractivity contribution is 0.123. The summed E-state index contributed by atoms with van der Waals surface area (Å²) in [6.07, 6.45) is 2.18. The summed E-state index contributed by atoms with van der Waals surface area (Å²) >= 11 is 0. The number of halogens is 1. The normalized spacial score (nSPS) is 47.0. The highest BCUT2D eigenvalue weighted by atomic mass is 35.5. The van der Waals surface area contributed by atoms with E-state index in [4.69, 9.17) is 0 Å². The third-order valence-electron chi connectivity index (χ3n) is 2.18. The van der Waals surface area contributed by atoms with Crippen LogP contribution in [-0.2, 0) is 0 Å². The van der Waals surface area contributed by atoms with Crippen molar-refractivity contribution >= 4 is 12.4 Å². The van der Waals surface area contributed by atoms with E-state index in [0.717, 1.165) is 13.0 Å². The van der Waals surface area contributed by atoms with Crippen LogP contribution >= 0.6 is 12.4 Å². The molecule has 2 rings (SSSR count). The zero-order valence-electron chi connectivity index (χ0n) is 5.21.